The molecule has 1 heteroatoms. The third-order valence-electron chi connectivity index (χ3n) is 3.74. The van der Waals surface area contributed by atoms with Crippen LogP contribution in [0.1, 0.15) is 45.4 Å². The first-order valence-corrected chi connectivity index (χ1v) is 5.61. The average molecular weight is 167 g/mol. The molecule has 2 fully saturated rings. The van der Waals surface area contributed by atoms with Gasteiger partial charge < -0.3 is 5.32 Å². The van der Waals surface area contributed by atoms with Gasteiger partial charge in [0, 0.05) is 6.04 Å². The van der Waals surface area contributed by atoms with Gasteiger partial charge in [-0.2, -0.15) is 0 Å². The molecule has 1 saturated carbocycles. The van der Waals surface area contributed by atoms with Crippen molar-refractivity contribution in [2.45, 2.75) is 51.5 Å². The fourth-order valence-electron chi connectivity index (χ4n) is 3.02. The molecule has 1 aliphatic carbocycles. The van der Waals surface area contributed by atoms with Gasteiger partial charge in [-0.1, -0.05) is 19.8 Å². The minimum absolute atomic E-state index is 0.862. The Balaban J connectivity index is 1.91. The van der Waals surface area contributed by atoms with Gasteiger partial charge >= 0.3 is 0 Å². The summed E-state index contributed by atoms with van der Waals surface area (Å²) in [5.74, 6) is 1.95. The van der Waals surface area contributed by atoms with Gasteiger partial charge in [-0.25, -0.2) is 0 Å². The number of nitrogens with one attached hydrogen (secondary N) is 1. The summed E-state index contributed by atoms with van der Waals surface area (Å²) >= 11 is 0. The quantitative estimate of drug-likeness (QED) is 0.633. The van der Waals surface area contributed by atoms with Crippen LogP contribution in [0.15, 0.2) is 0 Å². The average Bonchev–Trinajstić information content (AvgIpc) is 2.57. The summed E-state index contributed by atoms with van der Waals surface area (Å²) in [7, 11) is 0. The van der Waals surface area contributed by atoms with Crippen LogP contribution in [-0.4, -0.2) is 12.6 Å². The Hall–Kier alpha value is -0.0400. The summed E-state index contributed by atoms with van der Waals surface area (Å²) in [4.78, 5) is 0. The van der Waals surface area contributed by atoms with Gasteiger partial charge in [-0.05, 0) is 44.1 Å². The number of hydrogen-bond donors (Lipinski definition) is 1. The van der Waals surface area contributed by atoms with Gasteiger partial charge in [0.05, 0.1) is 0 Å². The first-order chi connectivity index (χ1) is 5.88. The van der Waals surface area contributed by atoms with Crippen LogP contribution in [0.4, 0.5) is 0 Å². The van der Waals surface area contributed by atoms with Crippen LogP contribution in [0, 0.1) is 11.8 Å². The lowest BCUT2D eigenvalue weighted by atomic mass is 9.83. The van der Waals surface area contributed by atoms with E-state index in [1.54, 1.807) is 0 Å². The van der Waals surface area contributed by atoms with E-state index in [-0.39, 0.29) is 0 Å². The maximum atomic E-state index is 3.71. The van der Waals surface area contributed by atoms with E-state index in [4.69, 9.17) is 0 Å². The molecule has 0 aromatic rings. The number of piperidine rings is 1. The van der Waals surface area contributed by atoms with E-state index >= 15 is 0 Å². The van der Waals surface area contributed by atoms with Crippen molar-refractivity contribution in [2.75, 3.05) is 6.54 Å². The number of rotatable bonds is 1. The first kappa shape index (κ1) is 8.55. The molecular formula is C11H21N. The maximum Gasteiger partial charge on any atom is 0.0121 e. The molecule has 2 aliphatic rings. The van der Waals surface area contributed by atoms with E-state index in [9.17, 15) is 0 Å². The maximum absolute atomic E-state index is 3.71. The van der Waals surface area contributed by atoms with Gasteiger partial charge in [0.2, 0.25) is 0 Å². The van der Waals surface area contributed by atoms with Crippen molar-refractivity contribution < 1.29 is 0 Å². The largest absolute Gasteiger partial charge is 0.313 e. The molecule has 1 heterocycles. The standard InChI is InChI=1S/C11H21N/c1-9-5-4-8-12-11(9)10-6-2-3-7-10/h9-12H,2-8H2,1H3. The van der Waals surface area contributed by atoms with Crippen molar-refractivity contribution in [3.63, 3.8) is 0 Å². The molecule has 70 valence electrons. The third kappa shape index (κ3) is 1.66. The molecule has 0 spiro atoms. The fourth-order valence-corrected chi connectivity index (χ4v) is 3.02. The molecule has 1 aliphatic heterocycles. The Labute approximate surface area is 75.9 Å². The molecule has 0 aromatic carbocycles. The summed E-state index contributed by atoms with van der Waals surface area (Å²) in [6, 6.07) is 0.862. The zero-order valence-electron chi connectivity index (χ0n) is 8.18. The van der Waals surface area contributed by atoms with Crippen LogP contribution in [0.5, 0.6) is 0 Å². The zero-order chi connectivity index (χ0) is 8.39. The van der Waals surface area contributed by atoms with Crippen LogP contribution in [-0.2, 0) is 0 Å². The summed E-state index contributed by atoms with van der Waals surface area (Å²) < 4.78 is 0. The van der Waals surface area contributed by atoms with Crippen molar-refractivity contribution >= 4 is 0 Å². The molecule has 12 heavy (non-hydrogen) atoms. The molecule has 1 saturated heterocycles. The van der Waals surface area contributed by atoms with Gasteiger partial charge in [-0.3, -0.25) is 0 Å². The minimum atomic E-state index is 0.862. The van der Waals surface area contributed by atoms with Gasteiger partial charge in [-0.15, -0.1) is 0 Å². The normalized spacial score (nSPS) is 38.8. The van der Waals surface area contributed by atoms with Gasteiger partial charge in [0.25, 0.3) is 0 Å². The Morgan fingerprint density at radius 3 is 2.42 bits per heavy atom. The van der Waals surface area contributed by atoms with Crippen LogP contribution >= 0.6 is 0 Å². The monoisotopic (exact) mass is 167 g/mol. The lowest BCUT2D eigenvalue weighted by Gasteiger charge is -2.34. The highest BCUT2D eigenvalue weighted by Crippen LogP contribution is 2.33. The Morgan fingerprint density at radius 1 is 1.00 bits per heavy atom. The molecule has 2 rings (SSSR count). The van der Waals surface area contributed by atoms with Crippen LogP contribution in [0.3, 0.4) is 0 Å². The second-order valence-electron chi connectivity index (χ2n) is 4.64. The highest BCUT2D eigenvalue weighted by molar-refractivity contribution is 4.86. The Kier molecular flexibility index (Phi) is 2.69. The van der Waals surface area contributed by atoms with E-state index in [0.717, 1.165) is 17.9 Å². The molecule has 0 aromatic heterocycles. The summed E-state index contributed by atoms with van der Waals surface area (Å²) in [6.45, 7) is 3.70. The summed E-state index contributed by atoms with van der Waals surface area (Å²) in [5.41, 5.74) is 0. The van der Waals surface area contributed by atoms with Crippen molar-refractivity contribution in [3.8, 4) is 0 Å². The topological polar surface area (TPSA) is 12.0 Å². The first-order valence-electron chi connectivity index (χ1n) is 5.61. The van der Waals surface area contributed by atoms with E-state index in [2.05, 4.69) is 12.2 Å². The van der Waals surface area contributed by atoms with Gasteiger partial charge in [0.15, 0.2) is 0 Å². The van der Waals surface area contributed by atoms with E-state index in [1.165, 1.54) is 45.1 Å². The zero-order valence-corrected chi connectivity index (χ0v) is 8.18. The lowest BCUT2D eigenvalue weighted by molar-refractivity contribution is 0.223. The Bertz CT molecular complexity index is 138. The van der Waals surface area contributed by atoms with Gasteiger partial charge in [0.1, 0.15) is 0 Å². The summed E-state index contributed by atoms with van der Waals surface area (Å²) in [5, 5.41) is 3.71. The molecule has 2 atom stereocenters. The molecule has 0 radical (unpaired) electrons. The van der Waals surface area contributed by atoms with Crippen LogP contribution in [0.2, 0.25) is 0 Å². The highest BCUT2D eigenvalue weighted by atomic mass is 14.9. The molecule has 2 unspecified atom stereocenters. The van der Waals surface area contributed by atoms with Crippen LogP contribution in [0.25, 0.3) is 0 Å². The third-order valence-corrected chi connectivity index (χ3v) is 3.74. The molecule has 0 amide bonds. The van der Waals surface area contributed by atoms with E-state index in [1.807, 2.05) is 0 Å². The smallest absolute Gasteiger partial charge is 0.0121 e. The number of hydrogen-bond acceptors (Lipinski definition) is 1. The SMILES string of the molecule is CC1CCCNC1C1CCCC1. The highest BCUT2D eigenvalue weighted by Gasteiger charge is 2.30. The lowest BCUT2D eigenvalue weighted by Crippen LogP contribution is -2.44. The second-order valence-corrected chi connectivity index (χ2v) is 4.64. The molecular weight excluding hydrogens is 146 g/mol. The van der Waals surface area contributed by atoms with Crippen LogP contribution < -0.4 is 5.32 Å². The van der Waals surface area contributed by atoms with Crippen molar-refractivity contribution in [3.05, 3.63) is 0 Å². The predicted octanol–water partition coefficient (Wildman–Crippen LogP) is 2.56. The molecule has 1 nitrogen and oxygen atoms in total. The summed E-state index contributed by atoms with van der Waals surface area (Å²) in [6.07, 6.45) is 8.79. The Morgan fingerprint density at radius 2 is 1.75 bits per heavy atom. The fraction of sp³-hybridized carbons (Fsp3) is 1.00. The van der Waals surface area contributed by atoms with E-state index in [0.29, 0.717) is 0 Å². The minimum Gasteiger partial charge on any atom is -0.313 e. The van der Waals surface area contributed by atoms with Crippen molar-refractivity contribution in [2.24, 2.45) is 11.8 Å². The molecule has 1 N–H and O–H groups in total. The van der Waals surface area contributed by atoms with Crippen molar-refractivity contribution in [1.82, 2.24) is 5.32 Å². The second kappa shape index (κ2) is 3.78. The molecule has 0 bridgehead atoms. The van der Waals surface area contributed by atoms with Crippen molar-refractivity contribution in [1.29, 1.82) is 0 Å². The predicted molar refractivity (Wildman–Crippen MR) is 52.1 cm³/mol. The van der Waals surface area contributed by atoms with E-state index < -0.39 is 0 Å².